The first-order chi connectivity index (χ1) is 15.4. The average molecular weight is 437 g/mol. The number of aromatic nitrogens is 1. The molecule has 0 bridgehead atoms. The second-order valence-corrected chi connectivity index (χ2v) is 8.37. The molecule has 168 valence electrons. The molecule has 8 nitrogen and oxygen atoms in total. The minimum Gasteiger partial charge on any atom is -0.484 e. The Bertz CT molecular complexity index is 1040. The van der Waals surface area contributed by atoms with Crippen molar-refractivity contribution >= 4 is 17.8 Å². The molecule has 1 aromatic heterocycles. The molecule has 0 radical (unpaired) electrons. The number of para-hydroxylation sites is 1. The van der Waals surface area contributed by atoms with E-state index in [2.05, 4.69) is 10.3 Å². The minimum absolute atomic E-state index is 0.0401. The standard InChI is InChI=1S/C24H27N3O5/c1-3-31-22(29)18-8-17(10-25-12-18)11-26-23(30)24-9-19(24)13-27(15-24)21(28)14-32-20-7-5-4-6-16(20)2/h4-8,10,12,19H,3,9,11,13-15H2,1-2H3,(H,26,30)/t19-,24+/m1/s1. The van der Waals surface area contributed by atoms with E-state index in [1.165, 1.54) is 6.20 Å². The molecule has 1 aliphatic heterocycles. The number of esters is 1. The van der Waals surface area contributed by atoms with Crippen LogP contribution in [0.4, 0.5) is 0 Å². The second kappa shape index (κ2) is 8.98. The number of likely N-dealkylation sites (tertiary alicyclic amines) is 1. The fourth-order valence-corrected chi connectivity index (χ4v) is 4.24. The maximum Gasteiger partial charge on any atom is 0.339 e. The van der Waals surface area contributed by atoms with E-state index in [0.29, 0.717) is 24.4 Å². The number of nitrogens with zero attached hydrogens (tertiary/aromatic N) is 2. The summed E-state index contributed by atoms with van der Waals surface area (Å²) in [5.41, 5.74) is 1.52. The van der Waals surface area contributed by atoms with Crippen molar-refractivity contribution in [2.24, 2.45) is 11.3 Å². The van der Waals surface area contributed by atoms with Crippen LogP contribution < -0.4 is 10.1 Å². The zero-order valence-corrected chi connectivity index (χ0v) is 18.3. The SMILES string of the molecule is CCOC(=O)c1cncc(CNC(=O)[C@]23C[C@@H]2CN(C(=O)COc2ccccc2C)C3)c1. The summed E-state index contributed by atoms with van der Waals surface area (Å²) < 4.78 is 10.7. The molecule has 2 aromatic rings. The normalized spacial score (nSPS) is 20.9. The smallest absolute Gasteiger partial charge is 0.339 e. The molecule has 0 unspecified atom stereocenters. The second-order valence-electron chi connectivity index (χ2n) is 8.37. The fourth-order valence-electron chi connectivity index (χ4n) is 4.24. The number of nitrogens with one attached hydrogen (secondary N) is 1. The van der Waals surface area contributed by atoms with Crippen LogP contribution in [0.3, 0.4) is 0 Å². The lowest BCUT2D eigenvalue weighted by atomic mass is 10.1. The Labute approximate surface area is 186 Å². The van der Waals surface area contributed by atoms with Gasteiger partial charge in [-0.1, -0.05) is 18.2 Å². The predicted octanol–water partition coefficient (Wildman–Crippen LogP) is 2.11. The Morgan fingerprint density at radius 3 is 2.84 bits per heavy atom. The zero-order chi connectivity index (χ0) is 22.7. The molecule has 1 saturated carbocycles. The van der Waals surface area contributed by atoms with Crippen LogP contribution in [0, 0.1) is 18.3 Å². The number of carbonyl (C=O) groups is 3. The first-order valence-corrected chi connectivity index (χ1v) is 10.8. The average Bonchev–Trinajstić information content (AvgIpc) is 3.37. The van der Waals surface area contributed by atoms with Gasteiger partial charge < -0.3 is 19.7 Å². The van der Waals surface area contributed by atoms with Gasteiger partial charge in [-0.25, -0.2) is 4.79 Å². The molecule has 2 aliphatic rings. The molecular weight excluding hydrogens is 410 g/mol. The summed E-state index contributed by atoms with van der Waals surface area (Å²) in [4.78, 5) is 43.2. The number of hydrogen-bond acceptors (Lipinski definition) is 6. The fraction of sp³-hybridized carbons (Fsp3) is 0.417. The van der Waals surface area contributed by atoms with E-state index in [-0.39, 0.29) is 37.5 Å². The molecule has 1 aliphatic carbocycles. The van der Waals surface area contributed by atoms with Crippen molar-refractivity contribution in [3.8, 4) is 5.75 Å². The zero-order valence-electron chi connectivity index (χ0n) is 18.3. The van der Waals surface area contributed by atoms with Gasteiger partial charge in [-0.15, -0.1) is 0 Å². The molecule has 32 heavy (non-hydrogen) atoms. The number of fused-ring (bicyclic) bond motifs is 1. The van der Waals surface area contributed by atoms with Gasteiger partial charge in [0.25, 0.3) is 5.91 Å². The molecule has 4 rings (SSSR count). The van der Waals surface area contributed by atoms with Crippen LogP contribution in [0.25, 0.3) is 0 Å². The van der Waals surface area contributed by atoms with Crippen molar-refractivity contribution < 1.29 is 23.9 Å². The van der Waals surface area contributed by atoms with Crippen molar-refractivity contribution in [3.05, 3.63) is 59.4 Å². The van der Waals surface area contributed by atoms with Gasteiger partial charge in [-0.05, 0) is 49.4 Å². The van der Waals surface area contributed by atoms with Crippen LogP contribution in [-0.2, 0) is 20.9 Å². The first-order valence-electron chi connectivity index (χ1n) is 10.8. The lowest BCUT2D eigenvalue weighted by Crippen LogP contribution is -2.40. The molecule has 1 aromatic carbocycles. The van der Waals surface area contributed by atoms with Crippen molar-refractivity contribution in [2.45, 2.75) is 26.8 Å². The van der Waals surface area contributed by atoms with E-state index in [4.69, 9.17) is 9.47 Å². The lowest BCUT2D eigenvalue weighted by Gasteiger charge is -2.21. The Morgan fingerprint density at radius 1 is 1.25 bits per heavy atom. The molecule has 1 N–H and O–H groups in total. The number of ether oxygens (including phenoxy) is 2. The van der Waals surface area contributed by atoms with E-state index in [9.17, 15) is 14.4 Å². The maximum absolute atomic E-state index is 12.9. The monoisotopic (exact) mass is 437 g/mol. The summed E-state index contributed by atoms with van der Waals surface area (Å²) in [5, 5.41) is 2.95. The van der Waals surface area contributed by atoms with Crippen molar-refractivity contribution in [3.63, 3.8) is 0 Å². The summed E-state index contributed by atoms with van der Waals surface area (Å²) >= 11 is 0. The highest BCUT2D eigenvalue weighted by Crippen LogP contribution is 2.57. The van der Waals surface area contributed by atoms with Crippen molar-refractivity contribution in [1.82, 2.24) is 15.2 Å². The summed E-state index contributed by atoms with van der Waals surface area (Å²) in [6, 6.07) is 9.23. The number of aryl methyl sites for hydroxylation is 1. The van der Waals surface area contributed by atoms with Crippen LogP contribution in [0.15, 0.2) is 42.7 Å². The van der Waals surface area contributed by atoms with Gasteiger partial charge in [0.2, 0.25) is 5.91 Å². The summed E-state index contributed by atoms with van der Waals surface area (Å²) in [6.07, 6.45) is 3.83. The summed E-state index contributed by atoms with van der Waals surface area (Å²) in [7, 11) is 0. The number of pyridine rings is 1. The molecule has 2 amide bonds. The Balaban J connectivity index is 1.29. The van der Waals surface area contributed by atoms with Crippen LogP contribution in [0.5, 0.6) is 5.75 Å². The highest BCUT2D eigenvalue weighted by atomic mass is 16.5. The van der Waals surface area contributed by atoms with Gasteiger partial charge in [0.1, 0.15) is 5.75 Å². The Kier molecular flexibility index (Phi) is 6.12. The third-order valence-electron chi connectivity index (χ3n) is 6.15. The topological polar surface area (TPSA) is 97.8 Å². The Morgan fingerprint density at radius 2 is 2.06 bits per heavy atom. The number of hydrogen-bond donors (Lipinski definition) is 1. The lowest BCUT2D eigenvalue weighted by molar-refractivity contribution is -0.134. The van der Waals surface area contributed by atoms with Crippen LogP contribution in [-0.4, -0.2) is 54.0 Å². The van der Waals surface area contributed by atoms with Gasteiger partial charge in [0, 0.05) is 32.0 Å². The number of carbonyl (C=O) groups excluding carboxylic acids is 3. The Hall–Kier alpha value is -3.42. The quantitative estimate of drug-likeness (QED) is 0.636. The molecule has 2 fully saturated rings. The predicted molar refractivity (Wildman–Crippen MR) is 116 cm³/mol. The number of amides is 2. The van der Waals surface area contributed by atoms with Gasteiger partial charge >= 0.3 is 5.97 Å². The molecule has 2 heterocycles. The van der Waals surface area contributed by atoms with Crippen molar-refractivity contribution in [1.29, 1.82) is 0 Å². The number of rotatable bonds is 8. The maximum atomic E-state index is 12.9. The van der Waals surface area contributed by atoms with E-state index in [1.807, 2.05) is 31.2 Å². The summed E-state index contributed by atoms with van der Waals surface area (Å²) in [6.45, 7) is 5.16. The van der Waals surface area contributed by atoms with E-state index in [1.54, 1.807) is 24.1 Å². The van der Waals surface area contributed by atoms with Gasteiger partial charge in [-0.2, -0.15) is 0 Å². The molecule has 1 saturated heterocycles. The van der Waals surface area contributed by atoms with Crippen LogP contribution in [0.2, 0.25) is 0 Å². The van der Waals surface area contributed by atoms with Gasteiger partial charge in [0.15, 0.2) is 6.61 Å². The molecular formula is C24H27N3O5. The third-order valence-corrected chi connectivity index (χ3v) is 6.15. The van der Waals surface area contributed by atoms with Crippen LogP contribution >= 0.6 is 0 Å². The number of piperidine rings is 1. The van der Waals surface area contributed by atoms with E-state index < -0.39 is 11.4 Å². The molecule has 8 heteroatoms. The first kappa shape index (κ1) is 21.8. The van der Waals surface area contributed by atoms with Gasteiger partial charge in [-0.3, -0.25) is 14.6 Å². The van der Waals surface area contributed by atoms with E-state index in [0.717, 1.165) is 17.5 Å². The number of benzene rings is 1. The molecule has 2 atom stereocenters. The highest BCUT2D eigenvalue weighted by molar-refractivity contribution is 5.90. The van der Waals surface area contributed by atoms with Crippen LogP contribution in [0.1, 0.15) is 34.8 Å². The van der Waals surface area contributed by atoms with E-state index >= 15 is 0 Å². The van der Waals surface area contributed by atoms with Crippen molar-refractivity contribution in [2.75, 3.05) is 26.3 Å². The largest absolute Gasteiger partial charge is 0.484 e. The highest BCUT2D eigenvalue weighted by Gasteiger charge is 2.65. The molecule has 0 spiro atoms. The summed E-state index contributed by atoms with van der Waals surface area (Å²) in [5.74, 6) is 0.246. The van der Waals surface area contributed by atoms with Gasteiger partial charge in [0.05, 0.1) is 17.6 Å². The third kappa shape index (κ3) is 4.44. The minimum atomic E-state index is -0.523.